The number of hydrogen-bond acceptors (Lipinski definition) is 5. The number of halogens is 3. The Labute approximate surface area is 137 Å². The average molecular weight is 353 g/mol. The van der Waals surface area contributed by atoms with Gasteiger partial charge in [-0.25, -0.2) is 4.98 Å². The maximum atomic E-state index is 12.5. The Hall–Kier alpha value is -2.52. The number of rotatable bonds is 3. The molecule has 3 aromatic rings. The highest BCUT2D eigenvalue weighted by Crippen LogP contribution is 2.28. The monoisotopic (exact) mass is 353 g/mol. The summed E-state index contributed by atoms with van der Waals surface area (Å²) in [6, 6.07) is 6.84. The molecule has 0 aliphatic carbocycles. The van der Waals surface area contributed by atoms with Crippen LogP contribution in [0.5, 0.6) is 0 Å². The van der Waals surface area contributed by atoms with Gasteiger partial charge in [0.25, 0.3) is 5.91 Å². The molecule has 2 N–H and O–H groups in total. The molecular formula is C15H10F3N3O2S. The molecule has 0 saturated heterocycles. The van der Waals surface area contributed by atoms with Crippen LogP contribution in [0.2, 0.25) is 0 Å². The SMILES string of the molecule is O=C(Nc1ccc2sc(CO)nc2c1)c1ccc(C(F)(F)F)nc1. The Morgan fingerprint density at radius 2 is 2.04 bits per heavy atom. The standard InChI is InChI=1S/C15H10F3N3O2S/c16-15(17,18)12-4-1-8(6-19-12)14(23)20-9-2-3-11-10(5-9)21-13(7-22)24-11/h1-6,22H,7H2,(H,20,23). The van der Waals surface area contributed by atoms with Crippen LogP contribution in [0.4, 0.5) is 18.9 Å². The number of nitrogens with zero attached hydrogens (tertiary/aromatic N) is 2. The third-order valence-electron chi connectivity index (χ3n) is 3.14. The number of thiazole rings is 1. The molecule has 9 heteroatoms. The highest BCUT2D eigenvalue weighted by molar-refractivity contribution is 7.18. The second-order valence-corrected chi connectivity index (χ2v) is 5.95. The van der Waals surface area contributed by atoms with E-state index in [0.29, 0.717) is 16.2 Å². The van der Waals surface area contributed by atoms with Gasteiger partial charge in [-0.1, -0.05) is 0 Å². The van der Waals surface area contributed by atoms with Gasteiger partial charge in [-0.2, -0.15) is 13.2 Å². The predicted octanol–water partition coefficient (Wildman–Crippen LogP) is 3.45. The zero-order chi connectivity index (χ0) is 17.3. The van der Waals surface area contributed by atoms with Gasteiger partial charge < -0.3 is 10.4 Å². The van der Waals surface area contributed by atoms with Crippen LogP contribution in [0.15, 0.2) is 36.5 Å². The highest BCUT2D eigenvalue weighted by atomic mass is 32.1. The third-order valence-corrected chi connectivity index (χ3v) is 4.16. The molecule has 0 aliphatic rings. The molecule has 5 nitrogen and oxygen atoms in total. The average Bonchev–Trinajstić information content (AvgIpc) is 2.96. The van der Waals surface area contributed by atoms with E-state index in [0.717, 1.165) is 23.0 Å². The lowest BCUT2D eigenvalue weighted by molar-refractivity contribution is -0.141. The maximum absolute atomic E-state index is 12.5. The Balaban J connectivity index is 1.79. The summed E-state index contributed by atoms with van der Waals surface area (Å²) in [6.45, 7) is -0.168. The van der Waals surface area contributed by atoms with Crippen molar-refractivity contribution in [1.82, 2.24) is 9.97 Å². The van der Waals surface area contributed by atoms with E-state index < -0.39 is 17.8 Å². The number of aliphatic hydroxyl groups excluding tert-OH is 1. The summed E-state index contributed by atoms with van der Waals surface area (Å²) in [5.74, 6) is -0.576. The molecule has 0 radical (unpaired) electrons. The molecule has 24 heavy (non-hydrogen) atoms. The molecule has 2 aromatic heterocycles. The number of nitrogens with one attached hydrogen (secondary N) is 1. The molecule has 0 fully saturated rings. The highest BCUT2D eigenvalue weighted by Gasteiger charge is 2.32. The molecule has 0 aliphatic heterocycles. The van der Waals surface area contributed by atoms with Crippen molar-refractivity contribution in [1.29, 1.82) is 0 Å². The van der Waals surface area contributed by atoms with Crippen molar-refractivity contribution < 1.29 is 23.1 Å². The quantitative estimate of drug-likeness (QED) is 0.756. The Kier molecular flexibility index (Phi) is 4.20. The summed E-state index contributed by atoms with van der Waals surface area (Å²) in [5.41, 5.74) is 0.0199. The lowest BCUT2D eigenvalue weighted by Crippen LogP contribution is -2.14. The number of pyridine rings is 1. The smallest absolute Gasteiger partial charge is 0.389 e. The molecular weight excluding hydrogens is 343 g/mol. The second-order valence-electron chi connectivity index (χ2n) is 4.83. The summed E-state index contributed by atoms with van der Waals surface area (Å²) in [5, 5.41) is 12.2. The van der Waals surface area contributed by atoms with E-state index in [-0.39, 0.29) is 12.2 Å². The Bertz CT molecular complexity index is 891. The summed E-state index contributed by atoms with van der Waals surface area (Å²) >= 11 is 1.33. The number of carbonyl (C=O) groups is 1. The second kappa shape index (κ2) is 6.17. The molecule has 1 aromatic carbocycles. The first-order valence-electron chi connectivity index (χ1n) is 6.72. The van der Waals surface area contributed by atoms with E-state index in [2.05, 4.69) is 15.3 Å². The van der Waals surface area contributed by atoms with E-state index in [1.54, 1.807) is 18.2 Å². The fraction of sp³-hybridized carbons (Fsp3) is 0.133. The number of fused-ring (bicyclic) bond motifs is 1. The lowest BCUT2D eigenvalue weighted by Gasteiger charge is -2.07. The van der Waals surface area contributed by atoms with Gasteiger partial charge in [-0.15, -0.1) is 11.3 Å². The first kappa shape index (κ1) is 16.3. The van der Waals surface area contributed by atoms with Gasteiger partial charge in [0.05, 0.1) is 22.4 Å². The number of carbonyl (C=O) groups excluding carboxylic acids is 1. The number of alkyl halides is 3. The van der Waals surface area contributed by atoms with Crippen LogP contribution in [-0.4, -0.2) is 21.0 Å². The summed E-state index contributed by atoms with van der Waals surface area (Å²) in [6.07, 6.45) is -3.67. The fourth-order valence-corrected chi connectivity index (χ4v) is 2.83. The number of aromatic nitrogens is 2. The summed E-state index contributed by atoms with van der Waals surface area (Å²) in [4.78, 5) is 19.5. The Morgan fingerprint density at radius 1 is 1.25 bits per heavy atom. The van der Waals surface area contributed by atoms with Crippen molar-refractivity contribution in [3.8, 4) is 0 Å². The minimum Gasteiger partial charge on any atom is -0.389 e. The largest absolute Gasteiger partial charge is 0.433 e. The van der Waals surface area contributed by atoms with E-state index in [1.807, 2.05) is 0 Å². The molecule has 124 valence electrons. The van der Waals surface area contributed by atoms with Crippen LogP contribution in [0.3, 0.4) is 0 Å². The maximum Gasteiger partial charge on any atom is 0.433 e. The van der Waals surface area contributed by atoms with Crippen molar-refractivity contribution in [2.45, 2.75) is 12.8 Å². The van der Waals surface area contributed by atoms with Gasteiger partial charge >= 0.3 is 6.18 Å². The molecule has 0 saturated carbocycles. The number of anilines is 1. The van der Waals surface area contributed by atoms with Crippen molar-refractivity contribution >= 4 is 33.1 Å². The molecule has 0 bridgehead atoms. The first-order valence-corrected chi connectivity index (χ1v) is 7.53. The van der Waals surface area contributed by atoms with Crippen LogP contribution in [0.25, 0.3) is 10.2 Å². The van der Waals surface area contributed by atoms with Gasteiger partial charge in [-0.3, -0.25) is 9.78 Å². The van der Waals surface area contributed by atoms with Crippen LogP contribution < -0.4 is 5.32 Å². The van der Waals surface area contributed by atoms with E-state index in [9.17, 15) is 18.0 Å². The van der Waals surface area contributed by atoms with Crippen molar-refractivity contribution in [3.05, 3.63) is 52.8 Å². The Morgan fingerprint density at radius 3 is 2.67 bits per heavy atom. The minimum atomic E-state index is -4.55. The summed E-state index contributed by atoms with van der Waals surface area (Å²) < 4.78 is 38.2. The van der Waals surface area contributed by atoms with Crippen molar-refractivity contribution in [3.63, 3.8) is 0 Å². The number of amides is 1. The van der Waals surface area contributed by atoms with Gasteiger partial charge in [0.15, 0.2) is 0 Å². The lowest BCUT2D eigenvalue weighted by atomic mass is 10.2. The molecule has 1 amide bonds. The fourth-order valence-electron chi connectivity index (χ4n) is 2.02. The third kappa shape index (κ3) is 3.36. The molecule has 2 heterocycles. The normalized spacial score (nSPS) is 11.7. The zero-order valence-corrected chi connectivity index (χ0v) is 12.8. The van der Waals surface area contributed by atoms with E-state index >= 15 is 0 Å². The summed E-state index contributed by atoms with van der Waals surface area (Å²) in [7, 11) is 0. The zero-order valence-electron chi connectivity index (χ0n) is 12.0. The predicted molar refractivity (Wildman–Crippen MR) is 82.7 cm³/mol. The minimum absolute atomic E-state index is 0.0115. The number of benzene rings is 1. The molecule has 3 rings (SSSR count). The first-order chi connectivity index (χ1) is 11.4. The van der Waals surface area contributed by atoms with E-state index in [4.69, 9.17) is 5.11 Å². The van der Waals surface area contributed by atoms with Crippen LogP contribution >= 0.6 is 11.3 Å². The van der Waals surface area contributed by atoms with Gasteiger partial charge in [0, 0.05) is 11.9 Å². The van der Waals surface area contributed by atoms with Crippen LogP contribution in [-0.2, 0) is 12.8 Å². The van der Waals surface area contributed by atoms with Crippen molar-refractivity contribution in [2.75, 3.05) is 5.32 Å². The number of hydrogen-bond donors (Lipinski definition) is 2. The van der Waals surface area contributed by atoms with Crippen LogP contribution in [0.1, 0.15) is 21.1 Å². The molecule has 0 unspecified atom stereocenters. The number of aliphatic hydroxyl groups is 1. The van der Waals surface area contributed by atoms with Crippen molar-refractivity contribution in [2.24, 2.45) is 0 Å². The van der Waals surface area contributed by atoms with Gasteiger partial charge in [0.2, 0.25) is 0 Å². The molecule has 0 atom stereocenters. The van der Waals surface area contributed by atoms with Gasteiger partial charge in [0.1, 0.15) is 10.7 Å². The van der Waals surface area contributed by atoms with E-state index in [1.165, 1.54) is 11.3 Å². The molecule has 0 spiro atoms. The van der Waals surface area contributed by atoms with Crippen LogP contribution in [0, 0.1) is 0 Å². The topological polar surface area (TPSA) is 75.1 Å². The van der Waals surface area contributed by atoms with Gasteiger partial charge in [-0.05, 0) is 30.3 Å².